The molecule has 2 N–H and O–H groups in total. The number of hydrogen-bond acceptors (Lipinski definition) is 6. The van der Waals surface area contributed by atoms with Crippen LogP contribution in [0, 0.1) is 13.8 Å². The van der Waals surface area contributed by atoms with Crippen LogP contribution in [0.15, 0.2) is 46.2 Å². The summed E-state index contributed by atoms with van der Waals surface area (Å²) in [7, 11) is 0. The molecule has 0 amide bonds. The minimum atomic E-state index is -2.35. The quantitative estimate of drug-likeness (QED) is 0.579. The Kier molecular flexibility index (Phi) is 9.42. The summed E-state index contributed by atoms with van der Waals surface area (Å²) in [4.78, 5) is -0.102. The predicted octanol–water partition coefficient (Wildman–Crippen LogP) is 1.87. The Balaban J connectivity index is 0.000000403. The van der Waals surface area contributed by atoms with Crippen LogP contribution < -0.4 is 0 Å². The second-order valence-electron chi connectivity index (χ2n) is 4.31. The fourth-order valence-corrected chi connectivity index (χ4v) is 2.55. The first-order valence-electron chi connectivity index (χ1n) is 6.01. The van der Waals surface area contributed by atoms with Crippen LogP contribution in [0.3, 0.4) is 0 Å². The third kappa shape index (κ3) is 6.12. The predicted molar refractivity (Wildman–Crippen MR) is 80.1 cm³/mol. The minimum absolute atomic E-state index is 0. The molecule has 120 valence electrons. The Hall–Kier alpha value is -1.12. The van der Waals surface area contributed by atoms with Crippen molar-refractivity contribution in [2.45, 2.75) is 23.6 Å². The molecule has 0 bridgehead atoms. The van der Waals surface area contributed by atoms with Crippen molar-refractivity contribution < 1.29 is 47.2 Å². The summed E-state index contributed by atoms with van der Waals surface area (Å²) in [5.41, 5.74) is 1.12. The van der Waals surface area contributed by atoms with E-state index < -0.39 is 22.2 Å². The molecule has 0 heterocycles. The first-order chi connectivity index (χ1) is 10.3. The number of rotatable bonds is 2. The second kappa shape index (κ2) is 9.90. The molecule has 0 fully saturated rings. The van der Waals surface area contributed by atoms with Gasteiger partial charge in [0.05, 0.1) is 9.79 Å². The van der Waals surface area contributed by atoms with Gasteiger partial charge in [0.1, 0.15) is 11.5 Å². The number of aryl methyl sites for hydroxylation is 2. The summed E-state index contributed by atoms with van der Waals surface area (Å²) < 4.78 is 41.7. The van der Waals surface area contributed by atoms with Gasteiger partial charge in [0.2, 0.25) is 0 Å². The molecule has 0 saturated carbocycles. The summed E-state index contributed by atoms with van der Waals surface area (Å²) >= 11 is -4.70. The van der Waals surface area contributed by atoms with E-state index in [1.54, 1.807) is 38.1 Å². The number of phenols is 2. The van der Waals surface area contributed by atoms with Crippen molar-refractivity contribution in [3.63, 3.8) is 0 Å². The summed E-state index contributed by atoms with van der Waals surface area (Å²) in [6, 6.07) is 9.16. The molecule has 0 aromatic heterocycles. The summed E-state index contributed by atoms with van der Waals surface area (Å²) in [6.07, 6.45) is 0. The van der Waals surface area contributed by atoms with Crippen LogP contribution in [0.4, 0.5) is 0 Å². The smallest absolute Gasteiger partial charge is 0.768 e. The van der Waals surface area contributed by atoms with Gasteiger partial charge >= 0.3 is 19.5 Å². The van der Waals surface area contributed by atoms with Crippen LogP contribution >= 0.6 is 0 Å². The Morgan fingerprint density at radius 3 is 1.30 bits per heavy atom. The van der Waals surface area contributed by atoms with Gasteiger partial charge in [-0.05, 0) is 59.3 Å². The van der Waals surface area contributed by atoms with E-state index in [-0.39, 0.29) is 40.8 Å². The van der Waals surface area contributed by atoms with Gasteiger partial charge in [-0.15, -0.1) is 0 Å². The Bertz CT molecular complexity index is 659. The molecular formula is C14H14O6S2Zn. The Labute approximate surface area is 151 Å². The zero-order valence-electron chi connectivity index (χ0n) is 12.5. The van der Waals surface area contributed by atoms with Gasteiger partial charge < -0.3 is 19.3 Å². The number of para-hydroxylation sites is 2. The van der Waals surface area contributed by atoms with Crippen LogP contribution in [-0.2, 0) is 41.6 Å². The van der Waals surface area contributed by atoms with E-state index in [1.807, 2.05) is 0 Å². The normalized spacial score (nSPS) is 12.3. The fourth-order valence-electron chi connectivity index (χ4n) is 1.53. The number of hydrogen-bond donors (Lipinski definition) is 2. The van der Waals surface area contributed by atoms with Crippen molar-refractivity contribution in [3.05, 3.63) is 47.5 Å². The SMILES string of the molecule is Cc1cccc(S(=O)[O-])c1O.Cc1cccc(S(=O)[O-])c1O.[Zn+2]. The Morgan fingerprint density at radius 1 is 0.783 bits per heavy atom. The molecule has 0 aliphatic carbocycles. The van der Waals surface area contributed by atoms with E-state index >= 15 is 0 Å². The number of aromatic hydroxyl groups is 2. The van der Waals surface area contributed by atoms with Gasteiger partial charge in [-0.25, -0.2) is 0 Å². The molecule has 2 aromatic carbocycles. The molecular weight excluding hydrogens is 394 g/mol. The maximum absolute atomic E-state index is 10.4. The first-order valence-corrected chi connectivity index (χ1v) is 8.16. The molecule has 0 aliphatic rings. The van der Waals surface area contributed by atoms with Crippen LogP contribution in [-0.4, -0.2) is 27.7 Å². The summed E-state index contributed by atoms with van der Waals surface area (Å²) in [5, 5.41) is 18.3. The monoisotopic (exact) mass is 406 g/mol. The van der Waals surface area contributed by atoms with E-state index in [4.69, 9.17) is 0 Å². The van der Waals surface area contributed by atoms with E-state index in [0.29, 0.717) is 11.1 Å². The van der Waals surface area contributed by atoms with Crippen molar-refractivity contribution in [3.8, 4) is 11.5 Å². The van der Waals surface area contributed by atoms with Crippen LogP contribution in [0.1, 0.15) is 11.1 Å². The Morgan fingerprint density at radius 2 is 1.09 bits per heavy atom. The molecule has 0 spiro atoms. The molecule has 6 nitrogen and oxygen atoms in total. The third-order valence-electron chi connectivity index (χ3n) is 2.76. The van der Waals surface area contributed by atoms with E-state index in [0.717, 1.165) is 0 Å². The molecule has 23 heavy (non-hydrogen) atoms. The van der Waals surface area contributed by atoms with Gasteiger partial charge in [0, 0.05) is 0 Å². The molecule has 0 radical (unpaired) electrons. The molecule has 2 aromatic rings. The van der Waals surface area contributed by atoms with Crippen molar-refractivity contribution >= 4 is 22.2 Å². The van der Waals surface area contributed by atoms with Crippen molar-refractivity contribution in [1.82, 2.24) is 0 Å². The van der Waals surface area contributed by atoms with Crippen molar-refractivity contribution in [1.29, 1.82) is 0 Å². The number of phenolic OH excluding ortho intramolecular Hbond substituents is 2. The van der Waals surface area contributed by atoms with Crippen molar-refractivity contribution in [2.24, 2.45) is 0 Å². The first kappa shape index (κ1) is 21.9. The van der Waals surface area contributed by atoms with Gasteiger partial charge in [-0.2, -0.15) is 0 Å². The average Bonchev–Trinajstić information content (AvgIpc) is 2.45. The van der Waals surface area contributed by atoms with Gasteiger partial charge in [-0.3, -0.25) is 8.42 Å². The van der Waals surface area contributed by atoms with Gasteiger partial charge in [0.25, 0.3) is 0 Å². The second-order valence-corrected chi connectivity index (χ2v) is 6.13. The largest absolute Gasteiger partial charge is 2.00 e. The molecule has 0 saturated heterocycles. The van der Waals surface area contributed by atoms with E-state index in [2.05, 4.69) is 0 Å². The maximum atomic E-state index is 10.4. The van der Waals surface area contributed by atoms with E-state index in [9.17, 15) is 27.7 Å². The zero-order valence-corrected chi connectivity index (χ0v) is 17.1. The van der Waals surface area contributed by atoms with Crippen molar-refractivity contribution in [2.75, 3.05) is 0 Å². The zero-order chi connectivity index (χ0) is 16.9. The van der Waals surface area contributed by atoms with Crippen LogP contribution in [0.2, 0.25) is 0 Å². The maximum Gasteiger partial charge on any atom is 2.00 e. The van der Waals surface area contributed by atoms with Crippen LogP contribution in [0.25, 0.3) is 0 Å². The molecule has 2 atom stereocenters. The minimum Gasteiger partial charge on any atom is -0.768 e. The van der Waals surface area contributed by atoms with E-state index in [1.165, 1.54) is 12.1 Å². The van der Waals surface area contributed by atoms with Gasteiger partial charge in [0.15, 0.2) is 0 Å². The van der Waals surface area contributed by atoms with Gasteiger partial charge in [-0.1, -0.05) is 24.3 Å². The third-order valence-corrected chi connectivity index (χ3v) is 4.14. The fraction of sp³-hybridized carbons (Fsp3) is 0.143. The molecule has 9 heteroatoms. The summed E-state index contributed by atoms with van der Waals surface area (Å²) in [5.74, 6) is -0.332. The molecule has 0 aliphatic heterocycles. The molecule has 2 rings (SSSR count). The molecule has 2 unspecified atom stereocenters. The average molecular weight is 408 g/mol. The standard InChI is InChI=1S/2C7H8O3S.Zn/c2*1-5-3-2-4-6(7(5)8)11(9)10;/h2*2-4,8H,1H3,(H,9,10);/q;;+2/p-2. The summed E-state index contributed by atoms with van der Waals surface area (Å²) in [6.45, 7) is 3.29. The topological polar surface area (TPSA) is 121 Å². The number of benzene rings is 2. The van der Waals surface area contributed by atoms with Crippen LogP contribution in [0.5, 0.6) is 11.5 Å².